The van der Waals surface area contributed by atoms with Crippen LogP contribution >= 0.6 is 0 Å². The lowest BCUT2D eigenvalue weighted by molar-refractivity contribution is 0.453. The van der Waals surface area contributed by atoms with Crippen LogP contribution in [0, 0.1) is 6.92 Å². The lowest BCUT2D eigenvalue weighted by Gasteiger charge is -2.05. The SMILES string of the molecule is Cc1nc(-c2ccc(O)nc2)nc2ccccc12. The highest BCUT2D eigenvalue weighted by Gasteiger charge is 2.06. The Kier molecular flexibility index (Phi) is 2.41. The summed E-state index contributed by atoms with van der Waals surface area (Å²) in [6.45, 7) is 1.96. The summed E-state index contributed by atoms with van der Waals surface area (Å²) in [5, 5.41) is 10.2. The fourth-order valence-electron chi connectivity index (χ4n) is 1.88. The Morgan fingerprint density at radius 1 is 1.00 bits per heavy atom. The molecule has 0 aliphatic rings. The number of aromatic hydroxyl groups is 1. The number of hydrogen-bond donors (Lipinski definition) is 1. The largest absolute Gasteiger partial charge is 0.493 e. The summed E-state index contributed by atoms with van der Waals surface area (Å²) in [6.07, 6.45) is 1.57. The molecule has 1 aromatic carbocycles. The van der Waals surface area contributed by atoms with Crippen LogP contribution in [0.1, 0.15) is 5.69 Å². The van der Waals surface area contributed by atoms with Crippen molar-refractivity contribution in [3.63, 3.8) is 0 Å². The summed E-state index contributed by atoms with van der Waals surface area (Å²) in [5.74, 6) is 0.620. The Hall–Kier alpha value is -2.49. The molecule has 0 fully saturated rings. The van der Waals surface area contributed by atoms with Crippen molar-refractivity contribution in [1.29, 1.82) is 0 Å². The van der Waals surface area contributed by atoms with E-state index in [0.29, 0.717) is 5.82 Å². The van der Waals surface area contributed by atoms with Crippen LogP contribution in [0.3, 0.4) is 0 Å². The molecule has 4 nitrogen and oxygen atoms in total. The Bertz CT molecular complexity index is 708. The number of pyridine rings is 1. The summed E-state index contributed by atoms with van der Waals surface area (Å²) in [5.41, 5.74) is 2.64. The van der Waals surface area contributed by atoms with E-state index in [0.717, 1.165) is 22.2 Å². The third kappa shape index (κ3) is 1.78. The van der Waals surface area contributed by atoms with E-state index < -0.39 is 0 Å². The van der Waals surface area contributed by atoms with Crippen molar-refractivity contribution in [2.24, 2.45) is 0 Å². The predicted octanol–water partition coefficient (Wildman–Crippen LogP) is 2.71. The van der Waals surface area contributed by atoms with E-state index in [4.69, 9.17) is 0 Å². The van der Waals surface area contributed by atoms with Crippen molar-refractivity contribution in [2.45, 2.75) is 6.92 Å². The summed E-state index contributed by atoms with van der Waals surface area (Å²) in [4.78, 5) is 12.8. The molecule has 3 aromatic rings. The van der Waals surface area contributed by atoms with Gasteiger partial charge in [-0.2, -0.15) is 0 Å². The van der Waals surface area contributed by atoms with Crippen molar-refractivity contribution in [1.82, 2.24) is 15.0 Å². The van der Waals surface area contributed by atoms with Crippen molar-refractivity contribution < 1.29 is 5.11 Å². The first kappa shape index (κ1) is 10.7. The number of aryl methyl sites for hydroxylation is 1. The van der Waals surface area contributed by atoms with Crippen LogP contribution in [-0.2, 0) is 0 Å². The van der Waals surface area contributed by atoms with Gasteiger partial charge in [-0.25, -0.2) is 15.0 Å². The van der Waals surface area contributed by atoms with Crippen LogP contribution in [0.25, 0.3) is 22.3 Å². The predicted molar refractivity (Wildman–Crippen MR) is 69.2 cm³/mol. The molecule has 2 aromatic heterocycles. The average molecular weight is 237 g/mol. The molecule has 3 rings (SSSR count). The molecular weight excluding hydrogens is 226 g/mol. The van der Waals surface area contributed by atoms with Crippen molar-refractivity contribution in [3.05, 3.63) is 48.3 Å². The second-order valence-electron chi connectivity index (χ2n) is 4.05. The van der Waals surface area contributed by atoms with E-state index in [1.165, 1.54) is 6.07 Å². The molecule has 4 heteroatoms. The third-order valence-electron chi connectivity index (χ3n) is 2.80. The normalized spacial score (nSPS) is 10.7. The summed E-state index contributed by atoms with van der Waals surface area (Å²) < 4.78 is 0. The minimum atomic E-state index is -0.00346. The number of rotatable bonds is 1. The van der Waals surface area contributed by atoms with Crippen molar-refractivity contribution >= 4 is 10.9 Å². The topological polar surface area (TPSA) is 58.9 Å². The first-order valence-electron chi connectivity index (χ1n) is 5.63. The van der Waals surface area contributed by atoms with E-state index in [1.54, 1.807) is 12.3 Å². The van der Waals surface area contributed by atoms with E-state index in [2.05, 4.69) is 15.0 Å². The van der Waals surface area contributed by atoms with E-state index in [9.17, 15) is 5.11 Å². The smallest absolute Gasteiger partial charge is 0.210 e. The molecule has 0 atom stereocenters. The Balaban J connectivity index is 2.21. The molecule has 0 amide bonds. The number of hydrogen-bond acceptors (Lipinski definition) is 4. The fourth-order valence-corrected chi connectivity index (χ4v) is 1.88. The molecule has 0 aliphatic heterocycles. The molecular formula is C14H11N3O. The Morgan fingerprint density at radius 2 is 1.83 bits per heavy atom. The van der Waals surface area contributed by atoms with Gasteiger partial charge in [-0.15, -0.1) is 0 Å². The minimum absolute atomic E-state index is 0.00346. The highest BCUT2D eigenvalue weighted by Crippen LogP contribution is 2.21. The van der Waals surface area contributed by atoms with Crippen molar-refractivity contribution in [2.75, 3.05) is 0 Å². The summed E-state index contributed by atoms with van der Waals surface area (Å²) in [7, 11) is 0. The number of aromatic nitrogens is 3. The number of fused-ring (bicyclic) bond motifs is 1. The Morgan fingerprint density at radius 3 is 2.61 bits per heavy atom. The maximum Gasteiger partial charge on any atom is 0.210 e. The standard InChI is InChI=1S/C14H11N3O/c1-9-11-4-2-3-5-12(11)17-14(16-9)10-6-7-13(18)15-8-10/h2-8H,1H3,(H,15,18). The zero-order valence-electron chi connectivity index (χ0n) is 9.83. The van der Waals surface area contributed by atoms with Gasteiger partial charge in [0.25, 0.3) is 0 Å². The van der Waals surface area contributed by atoms with E-state index >= 15 is 0 Å². The molecule has 0 saturated carbocycles. The van der Waals surface area contributed by atoms with Gasteiger partial charge < -0.3 is 5.11 Å². The monoisotopic (exact) mass is 237 g/mol. The molecule has 2 heterocycles. The number of para-hydroxylation sites is 1. The zero-order valence-corrected chi connectivity index (χ0v) is 9.83. The molecule has 0 aliphatic carbocycles. The van der Waals surface area contributed by atoms with Gasteiger partial charge in [-0.05, 0) is 19.1 Å². The Labute approximate surface area is 104 Å². The second-order valence-corrected chi connectivity index (χ2v) is 4.05. The number of benzene rings is 1. The maximum absolute atomic E-state index is 9.18. The molecule has 0 bridgehead atoms. The quantitative estimate of drug-likeness (QED) is 0.707. The van der Waals surface area contributed by atoms with Gasteiger partial charge >= 0.3 is 0 Å². The van der Waals surface area contributed by atoms with Gasteiger partial charge in [0.2, 0.25) is 5.88 Å². The minimum Gasteiger partial charge on any atom is -0.493 e. The first-order valence-corrected chi connectivity index (χ1v) is 5.63. The van der Waals surface area contributed by atoms with Gasteiger partial charge in [0.1, 0.15) is 0 Å². The molecule has 0 radical (unpaired) electrons. The summed E-state index contributed by atoms with van der Waals surface area (Å²) >= 11 is 0. The van der Waals surface area contributed by atoms with Gasteiger partial charge in [-0.3, -0.25) is 0 Å². The van der Waals surface area contributed by atoms with Gasteiger partial charge in [0.05, 0.1) is 5.52 Å². The third-order valence-corrected chi connectivity index (χ3v) is 2.80. The van der Waals surface area contributed by atoms with Crippen LogP contribution in [0.15, 0.2) is 42.6 Å². The average Bonchev–Trinajstić information content (AvgIpc) is 2.39. The summed E-state index contributed by atoms with van der Waals surface area (Å²) in [6, 6.07) is 11.2. The molecule has 18 heavy (non-hydrogen) atoms. The fraction of sp³-hybridized carbons (Fsp3) is 0.0714. The van der Waals surface area contributed by atoms with Crippen LogP contribution in [0.2, 0.25) is 0 Å². The second kappa shape index (κ2) is 4.07. The molecule has 1 N–H and O–H groups in total. The lowest BCUT2D eigenvalue weighted by atomic mass is 10.2. The van der Waals surface area contributed by atoms with Crippen LogP contribution in [0.4, 0.5) is 0 Å². The van der Waals surface area contributed by atoms with Crippen LogP contribution in [0.5, 0.6) is 5.88 Å². The first-order chi connectivity index (χ1) is 8.74. The van der Waals surface area contributed by atoms with Crippen LogP contribution < -0.4 is 0 Å². The van der Waals surface area contributed by atoms with Gasteiger partial charge in [-0.1, -0.05) is 18.2 Å². The van der Waals surface area contributed by atoms with E-state index in [1.807, 2.05) is 31.2 Å². The molecule has 0 spiro atoms. The van der Waals surface area contributed by atoms with E-state index in [-0.39, 0.29) is 5.88 Å². The van der Waals surface area contributed by atoms with Gasteiger partial charge in [0.15, 0.2) is 5.82 Å². The molecule has 0 unspecified atom stereocenters. The zero-order chi connectivity index (χ0) is 12.5. The lowest BCUT2D eigenvalue weighted by Crippen LogP contribution is -1.94. The molecule has 88 valence electrons. The number of nitrogens with zero attached hydrogens (tertiary/aromatic N) is 3. The maximum atomic E-state index is 9.18. The highest BCUT2D eigenvalue weighted by molar-refractivity contribution is 5.82. The molecule has 0 saturated heterocycles. The highest BCUT2D eigenvalue weighted by atomic mass is 16.3. The van der Waals surface area contributed by atoms with Crippen LogP contribution in [-0.4, -0.2) is 20.1 Å². The van der Waals surface area contributed by atoms with Gasteiger partial charge in [0, 0.05) is 28.9 Å². The van der Waals surface area contributed by atoms with Crippen molar-refractivity contribution in [3.8, 4) is 17.3 Å².